The van der Waals surface area contributed by atoms with Crippen LogP contribution in [-0.4, -0.2) is 15.0 Å². The maximum atomic E-state index is 5.99. The molecule has 0 aliphatic rings. The molecule has 0 bridgehead atoms. The molecule has 0 aliphatic heterocycles. The number of aromatic nitrogens is 3. The zero-order valence-electron chi connectivity index (χ0n) is 10.8. The SMILES string of the molecule is C#Cc1cc(Nc2ncnc3cnc(N)cc23)ccc1Cl. The summed E-state index contributed by atoms with van der Waals surface area (Å²) in [7, 11) is 0. The number of benzene rings is 1. The zero-order chi connectivity index (χ0) is 14.8. The molecule has 0 radical (unpaired) electrons. The van der Waals surface area contributed by atoms with Crippen LogP contribution in [0.25, 0.3) is 10.9 Å². The van der Waals surface area contributed by atoms with E-state index in [4.69, 9.17) is 23.8 Å². The third-order valence-electron chi connectivity index (χ3n) is 2.93. The van der Waals surface area contributed by atoms with Gasteiger partial charge in [-0.1, -0.05) is 17.5 Å². The Labute approximate surface area is 126 Å². The van der Waals surface area contributed by atoms with Gasteiger partial charge in [-0.2, -0.15) is 0 Å². The molecular weight excluding hydrogens is 286 g/mol. The topological polar surface area (TPSA) is 76.7 Å². The highest BCUT2D eigenvalue weighted by Crippen LogP contribution is 2.26. The van der Waals surface area contributed by atoms with E-state index in [0.717, 1.165) is 11.1 Å². The summed E-state index contributed by atoms with van der Waals surface area (Å²) in [5.74, 6) is 3.56. The molecule has 3 rings (SSSR count). The van der Waals surface area contributed by atoms with Crippen LogP contribution in [0.1, 0.15) is 5.56 Å². The number of terminal acetylenes is 1. The summed E-state index contributed by atoms with van der Waals surface area (Å²) in [6.07, 6.45) is 8.47. The molecule has 0 fully saturated rings. The third kappa shape index (κ3) is 2.57. The lowest BCUT2D eigenvalue weighted by Gasteiger charge is -2.09. The predicted molar refractivity (Wildman–Crippen MR) is 84.4 cm³/mol. The Morgan fingerprint density at radius 3 is 2.86 bits per heavy atom. The van der Waals surface area contributed by atoms with Crippen LogP contribution < -0.4 is 11.1 Å². The van der Waals surface area contributed by atoms with Gasteiger partial charge in [0.25, 0.3) is 0 Å². The van der Waals surface area contributed by atoms with Gasteiger partial charge in [0, 0.05) is 16.6 Å². The largest absolute Gasteiger partial charge is 0.384 e. The molecule has 0 saturated heterocycles. The monoisotopic (exact) mass is 295 g/mol. The normalized spacial score (nSPS) is 10.3. The van der Waals surface area contributed by atoms with Crippen LogP contribution >= 0.6 is 11.6 Å². The van der Waals surface area contributed by atoms with Crippen molar-refractivity contribution in [1.82, 2.24) is 15.0 Å². The van der Waals surface area contributed by atoms with Crippen molar-refractivity contribution in [3.05, 3.63) is 47.4 Å². The Bertz CT molecular complexity index is 870. The lowest BCUT2D eigenvalue weighted by molar-refractivity contribution is 1.20. The standard InChI is InChI=1S/C15H10ClN5/c1-2-9-5-10(3-4-12(9)16)21-15-11-6-14(17)18-7-13(11)19-8-20-15/h1,3-8H,(H2,17,18)(H,19,20,21). The highest BCUT2D eigenvalue weighted by molar-refractivity contribution is 6.31. The quantitative estimate of drug-likeness (QED) is 0.711. The van der Waals surface area contributed by atoms with E-state index in [0.29, 0.717) is 27.7 Å². The van der Waals surface area contributed by atoms with Crippen molar-refractivity contribution in [2.45, 2.75) is 0 Å². The number of anilines is 3. The highest BCUT2D eigenvalue weighted by Gasteiger charge is 2.06. The first-order valence-electron chi connectivity index (χ1n) is 6.07. The average Bonchev–Trinajstić information content (AvgIpc) is 2.50. The molecule has 21 heavy (non-hydrogen) atoms. The van der Waals surface area contributed by atoms with E-state index in [2.05, 4.69) is 26.2 Å². The molecule has 2 aromatic heterocycles. The van der Waals surface area contributed by atoms with Crippen molar-refractivity contribution in [2.24, 2.45) is 0 Å². The first kappa shape index (κ1) is 13.2. The third-order valence-corrected chi connectivity index (χ3v) is 3.26. The first-order valence-corrected chi connectivity index (χ1v) is 6.44. The van der Waals surface area contributed by atoms with Crippen molar-refractivity contribution in [2.75, 3.05) is 11.1 Å². The van der Waals surface area contributed by atoms with Gasteiger partial charge in [0.2, 0.25) is 0 Å². The van der Waals surface area contributed by atoms with E-state index >= 15 is 0 Å². The van der Waals surface area contributed by atoms with E-state index in [1.165, 1.54) is 6.33 Å². The second-order valence-corrected chi connectivity index (χ2v) is 4.72. The Kier molecular flexibility index (Phi) is 3.30. The maximum absolute atomic E-state index is 5.99. The smallest absolute Gasteiger partial charge is 0.141 e. The highest BCUT2D eigenvalue weighted by atomic mass is 35.5. The summed E-state index contributed by atoms with van der Waals surface area (Å²) in [5, 5.41) is 4.50. The van der Waals surface area contributed by atoms with Gasteiger partial charge in [0.15, 0.2) is 0 Å². The summed E-state index contributed by atoms with van der Waals surface area (Å²) in [6, 6.07) is 7.05. The van der Waals surface area contributed by atoms with Gasteiger partial charge in [-0.15, -0.1) is 6.42 Å². The van der Waals surface area contributed by atoms with Gasteiger partial charge in [-0.05, 0) is 24.3 Å². The van der Waals surface area contributed by atoms with Crippen LogP contribution in [0.4, 0.5) is 17.3 Å². The minimum Gasteiger partial charge on any atom is -0.384 e. The van der Waals surface area contributed by atoms with E-state index < -0.39 is 0 Å². The second-order valence-electron chi connectivity index (χ2n) is 4.31. The molecule has 3 N–H and O–H groups in total. The van der Waals surface area contributed by atoms with E-state index in [1.807, 2.05) is 6.07 Å². The molecule has 5 nitrogen and oxygen atoms in total. The fourth-order valence-corrected chi connectivity index (χ4v) is 2.10. The van der Waals surface area contributed by atoms with Crippen molar-refractivity contribution >= 4 is 39.8 Å². The van der Waals surface area contributed by atoms with Crippen molar-refractivity contribution in [1.29, 1.82) is 0 Å². The summed E-state index contributed by atoms with van der Waals surface area (Å²) in [5.41, 5.74) is 7.81. The molecule has 0 amide bonds. The molecule has 3 aromatic rings. The Morgan fingerprint density at radius 1 is 1.19 bits per heavy atom. The first-order chi connectivity index (χ1) is 10.2. The number of rotatable bonds is 2. The number of nitrogen functional groups attached to an aromatic ring is 1. The second kappa shape index (κ2) is 5.27. The predicted octanol–water partition coefficient (Wildman–Crippen LogP) is 2.99. The molecule has 2 heterocycles. The number of nitrogens with zero attached hydrogens (tertiary/aromatic N) is 3. The number of pyridine rings is 1. The van der Waals surface area contributed by atoms with Gasteiger partial charge in [0.1, 0.15) is 18.0 Å². The van der Waals surface area contributed by atoms with Crippen LogP contribution in [0.2, 0.25) is 5.02 Å². The Hall–Kier alpha value is -2.84. The molecule has 0 atom stereocenters. The van der Waals surface area contributed by atoms with Crippen LogP contribution in [0.15, 0.2) is 36.8 Å². The molecule has 102 valence electrons. The van der Waals surface area contributed by atoms with Crippen LogP contribution in [-0.2, 0) is 0 Å². The van der Waals surface area contributed by atoms with Gasteiger partial charge in [0.05, 0.1) is 16.7 Å². The number of hydrogen-bond donors (Lipinski definition) is 2. The fourth-order valence-electron chi connectivity index (χ4n) is 1.93. The Morgan fingerprint density at radius 2 is 2.05 bits per heavy atom. The summed E-state index contributed by atoms with van der Waals surface area (Å²) in [6.45, 7) is 0. The van der Waals surface area contributed by atoms with Crippen LogP contribution in [0.5, 0.6) is 0 Å². The molecule has 1 aromatic carbocycles. The number of hydrogen-bond acceptors (Lipinski definition) is 5. The van der Waals surface area contributed by atoms with Crippen molar-refractivity contribution in [3.8, 4) is 12.3 Å². The van der Waals surface area contributed by atoms with E-state index in [9.17, 15) is 0 Å². The maximum Gasteiger partial charge on any atom is 0.141 e. The van der Waals surface area contributed by atoms with E-state index in [-0.39, 0.29) is 0 Å². The molecule has 0 aliphatic carbocycles. The summed E-state index contributed by atoms with van der Waals surface area (Å²) < 4.78 is 0. The summed E-state index contributed by atoms with van der Waals surface area (Å²) >= 11 is 5.99. The zero-order valence-corrected chi connectivity index (χ0v) is 11.6. The minimum atomic E-state index is 0.403. The fraction of sp³-hybridized carbons (Fsp3) is 0. The van der Waals surface area contributed by atoms with Gasteiger partial charge < -0.3 is 11.1 Å². The van der Waals surface area contributed by atoms with Crippen molar-refractivity contribution in [3.63, 3.8) is 0 Å². The van der Waals surface area contributed by atoms with Gasteiger partial charge in [-0.3, -0.25) is 0 Å². The molecule has 0 unspecified atom stereocenters. The minimum absolute atomic E-state index is 0.403. The molecule has 6 heteroatoms. The number of fused-ring (bicyclic) bond motifs is 1. The van der Waals surface area contributed by atoms with Crippen molar-refractivity contribution < 1.29 is 0 Å². The van der Waals surface area contributed by atoms with Gasteiger partial charge in [-0.25, -0.2) is 15.0 Å². The average molecular weight is 296 g/mol. The molecule has 0 spiro atoms. The van der Waals surface area contributed by atoms with Crippen LogP contribution in [0, 0.1) is 12.3 Å². The number of nitrogens with two attached hydrogens (primary N) is 1. The molecular formula is C15H10ClN5. The summed E-state index contributed by atoms with van der Waals surface area (Å²) in [4.78, 5) is 12.4. The lowest BCUT2D eigenvalue weighted by atomic mass is 10.2. The van der Waals surface area contributed by atoms with Crippen LogP contribution in [0.3, 0.4) is 0 Å². The van der Waals surface area contributed by atoms with E-state index in [1.54, 1.807) is 24.4 Å². The number of nitrogens with one attached hydrogen (secondary N) is 1. The Balaban J connectivity index is 2.06. The van der Waals surface area contributed by atoms with Gasteiger partial charge >= 0.3 is 0 Å². The lowest BCUT2D eigenvalue weighted by Crippen LogP contribution is -1.98. The molecule has 0 saturated carbocycles. The number of halogens is 1.